The van der Waals surface area contributed by atoms with Crippen LogP contribution in [0.25, 0.3) is 0 Å². The fourth-order valence-electron chi connectivity index (χ4n) is 1.63. The summed E-state index contributed by atoms with van der Waals surface area (Å²) in [5.41, 5.74) is 0. The van der Waals surface area contributed by atoms with Crippen molar-refractivity contribution in [2.45, 2.75) is 25.4 Å². The number of hydrogen-bond acceptors (Lipinski definition) is 6. The molecule has 0 saturated heterocycles. The maximum Gasteiger partial charge on any atom is 0.205 e. The minimum Gasteiger partial charge on any atom is -0.383 e. The Morgan fingerprint density at radius 1 is 1.50 bits per heavy atom. The van der Waals surface area contributed by atoms with Crippen LogP contribution in [0.5, 0.6) is 0 Å². The van der Waals surface area contributed by atoms with Gasteiger partial charge in [0, 0.05) is 26.7 Å². The maximum absolute atomic E-state index is 5.13. The Morgan fingerprint density at radius 3 is 2.88 bits per heavy atom. The van der Waals surface area contributed by atoms with Gasteiger partial charge in [0.15, 0.2) is 0 Å². The van der Waals surface area contributed by atoms with E-state index < -0.39 is 0 Å². The number of nitrogens with one attached hydrogen (secondary N) is 1. The molecular weight excluding hydrogens is 224 g/mol. The Labute approximate surface area is 99.8 Å². The molecule has 1 fully saturated rings. The summed E-state index contributed by atoms with van der Waals surface area (Å²) in [5, 5.41) is 13.2. The van der Waals surface area contributed by atoms with E-state index in [1.807, 2.05) is 7.05 Å². The quantitative estimate of drug-likeness (QED) is 0.778. The van der Waals surface area contributed by atoms with Crippen LogP contribution in [0, 0.1) is 0 Å². The van der Waals surface area contributed by atoms with Crippen molar-refractivity contribution in [3.63, 3.8) is 0 Å². The number of rotatable bonds is 7. The fraction of sp³-hybridized carbons (Fsp3) is 0.800. The first-order chi connectivity index (χ1) is 7.83. The zero-order valence-corrected chi connectivity index (χ0v) is 10.6. The van der Waals surface area contributed by atoms with Gasteiger partial charge in [-0.1, -0.05) is 11.3 Å². The van der Waals surface area contributed by atoms with Gasteiger partial charge in [-0.15, -0.1) is 10.2 Å². The highest BCUT2D eigenvalue weighted by atomic mass is 32.1. The van der Waals surface area contributed by atoms with Crippen molar-refractivity contribution in [1.82, 2.24) is 15.1 Å². The lowest BCUT2D eigenvalue weighted by Gasteiger charge is -2.19. The largest absolute Gasteiger partial charge is 0.383 e. The average Bonchev–Trinajstić information content (AvgIpc) is 3.05. The number of methoxy groups -OCH3 is 1. The van der Waals surface area contributed by atoms with Gasteiger partial charge in [0.25, 0.3) is 0 Å². The lowest BCUT2D eigenvalue weighted by atomic mass is 10.4. The molecule has 1 aromatic rings. The van der Waals surface area contributed by atoms with Gasteiger partial charge in [-0.2, -0.15) is 0 Å². The molecule has 6 heteroatoms. The molecule has 1 saturated carbocycles. The molecule has 1 heterocycles. The smallest absolute Gasteiger partial charge is 0.205 e. The van der Waals surface area contributed by atoms with E-state index >= 15 is 0 Å². The van der Waals surface area contributed by atoms with Gasteiger partial charge in [0.05, 0.1) is 13.2 Å². The minimum atomic E-state index is 0.733. The summed E-state index contributed by atoms with van der Waals surface area (Å²) in [6.45, 7) is 2.66. The highest BCUT2D eigenvalue weighted by Gasteiger charge is 2.29. The van der Waals surface area contributed by atoms with Crippen LogP contribution in [0.3, 0.4) is 0 Å². The van der Waals surface area contributed by atoms with E-state index in [4.69, 9.17) is 4.74 Å². The number of hydrogen-bond donors (Lipinski definition) is 1. The van der Waals surface area contributed by atoms with Crippen molar-refractivity contribution >= 4 is 16.5 Å². The molecule has 1 N–H and O–H groups in total. The van der Waals surface area contributed by atoms with Crippen molar-refractivity contribution in [2.75, 3.05) is 32.6 Å². The van der Waals surface area contributed by atoms with Crippen LogP contribution < -0.4 is 5.32 Å². The van der Waals surface area contributed by atoms with Gasteiger partial charge in [-0.05, 0) is 12.8 Å². The Kier molecular flexibility index (Phi) is 4.09. The van der Waals surface area contributed by atoms with Crippen LogP contribution in [0.1, 0.15) is 17.8 Å². The van der Waals surface area contributed by atoms with Crippen LogP contribution >= 0.6 is 11.3 Å². The lowest BCUT2D eigenvalue weighted by Crippen LogP contribution is -2.29. The van der Waals surface area contributed by atoms with Gasteiger partial charge in [-0.25, -0.2) is 0 Å². The molecule has 0 bridgehead atoms. The molecule has 1 aromatic heterocycles. The molecule has 0 spiro atoms. The summed E-state index contributed by atoms with van der Waals surface area (Å²) in [6.07, 6.45) is 2.61. The Hall–Kier alpha value is -0.720. The first kappa shape index (κ1) is 11.8. The van der Waals surface area contributed by atoms with Gasteiger partial charge in [-0.3, -0.25) is 4.90 Å². The summed E-state index contributed by atoms with van der Waals surface area (Å²) < 4.78 is 5.13. The average molecular weight is 242 g/mol. The summed E-state index contributed by atoms with van der Waals surface area (Å²) in [7, 11) is 3.61. The van der Waals surface area contributed by atoms with Crippen molar-refractivity contribution in [1.29, 1.82) is 0 Å². The summed E-state index contributed by atoms with van der Waals surface area (Å²) in [6, 6.07) is 0.733. The highest BCUT2D eigenvalue weighted by Crippen LogP contribution is 2.28. The second-order valence-corrected chi connectivity index (χ2v) is 5.01. The van der Waals surface area contributed by atoms with Crippen LogP contribution in [0.15, 0.2) is 0 Å². The zero-order chi connectivity index (χ0) is 11.4. The topological polar surface area (TPSA) is 50.3 Å². The molecule has 16 heavy (non-hydrogen) atoms. The number of anilines is 1. The van der Waals surface area contributed by atoms with E-state index in [9.17, 15) is 0 Å². The van der Waals surface area contributed by atoms with E-state index in [-0.39, 0.29) is 0 Å². The fourth-order valence-corrected chi connectivity index (χ4v) is 2.35. The van der Waals surface area contributed by atoms with Crippen LogP contribution in [-0.4, -0.2) is 48.4 Å². The number of ether oxygens (including phenoxy) is 1. The molecule has 1 aliphatic rings. The molecule has 0 aliphatic heterocycles. The summed E-state index contributed by atoms with van der Waals surface area (Å²) in [4.78, 5) is 2.43. The summed E-state index contributed by atoms with van der Waals surface area (Å²) in [5.74, 6) is 0. The van der Waals surface area contributed by atoms with Crippen molar-refractivity contribution in [2.24, 2.45) is 0 Å². The molecule has 0 amide bonds. The van der Waals surface area contributed by atoms with E-state index in [1.165, 1.54) is 12.8 Å². The SMILES string of the molecule is CNc1nnc(CN(CCOC)C2CC2)s1. The maximum atomic E-state index is 5.13. The molecule has 0 radical (unpaired) electrons. The molecule has 1 aliphatic carbocycles. The van der Waals surface area contributed by atoms with Gasteiger partial charge < -0.3 is 10.1 Å². The van der Waals surface area contributed by atoms with E-state index in [0.29, 0.717) is 0 Å². The van der Waals surface area contributed by atoms with E-state index in [0.717, 1.165) is 35.9 Å². The second kappa shape index (κ2) is 5.56. The third-order valence-electron chi connectivity index (χ3n) is 2.66. The molecular formula is C10H18N4OS. The third kappa shape index (κ3) is 3.13. The molecule has 5 nitrogen and oxygen atoms in total. The highest BCUT2D eigenvalue weighted by molar-refractivity contribution is 7.15. The summed E-state index contributed by atoms with van der Waals surface area (Å²) >= 11 is 1.62. The predicted octanol–water partition coefficient (Wildman–Crippen LogP) is 1.19. The van der Waals surface area contributed by atoms with Crippen molar-refractivity contribution in [3.8, 4) is 0 Å². The first-order valence-electron chi connectivity index (χ1n) is 5.56. The van der Waals surface area contributed by atoms with E-state index in [1.54, 1.807) is 18.4 Å². The standard InChI is InChI=1S/C10H18N4OS/c1-11-10-13-12-9(16-10)7-14(5-6-15-2)8-3-4-8/h8H,3-7H2,1-2H3,(H,11,13). The normalized spacial score (nSPS) is 15.7. The van der Waals surface area contributed by atoms with Gasteiger partial charge in [0.2, 0.25) is 5.13 Å². The predicted molar refractivity (Wildman–Crippen MR) is 64.8 cm³/mol. The molecule has 0 unspecified atom stereocenters. The molecule has 90 valence electrons. The Bertz CT molecular complexity index is 326. The van der Waals surface area contributed by atoms with Crippen LogP contribution in [0.2, 0.25) is 0 Å². The van der Waals surface area contributed by atoms with Crippen molar-refractivity contribution in [3.05, 3.63) is 5.01 Å². The number of aromatic nitrogens is 2. The third-order valence-corrected chi connectivity index (χ3v) is 3.59. The second-order valence-electron chi connectivity index (χ2n) is 3.95. The van der Waals surface area contributed by atoms with Gasteiger partial charge >= 0.3 is 0 Å². The molecule has 0 aromatic carbocycles. The first-order valence-corrected chi connectivity index (χ1v) is 6.38. The van der Waals surface area contributed by atoms with Crippen LogP contribution in [0.4, 0.5) is 5.13 Å². The number of nitrogens with zero attached hydrogens (tertiary/aromatic N) is 3. The zero-order valence-electron chi connectivity index (χ0n) is 9.77. The van der Waals surface area contributed by atoms with Gasteiger partial charge in [0.1, 0.15) is 5.01 Å². The Balaban J connectivity index is 1.88. The molecule has 2 rings (SSSR count). The Morgan fingerprint density at radius 2 is 2.31 bits per heavy atom. The van der Waals surface area contributed by atoms with Crippen molar-refractivity contribution < 1.29 is 4.74 Å². The molecule has 0 atom stereocenters. The lowest BCUT2D eigenvalue weighted by molar-refractivity contribution is 0.139. The van der Waals surface area contributed by atoms with Crippen LogP contribution in [-0.2, 0) is 11.3 Å². The van der Waals surface area contributed by atoms with E-state index in [2.05, 4.69) is 20.4 Å². The monoisotopic (exact) mass is 242 g/mol. The minimum absolute atomic E-state index is 0.733.